The van der Waals surface area contributed by atoms with Gasteiger partial charge in [0, 0.05) is 0 Å². The van der Waals surface area contributed by atoms with E-state index in [4.69, 9.17) is 23.2 Å². The third-order valence-corrected chi connectivity index (χ3v) is 2.33. The van der Waals surface area contributed by atoms with Gasteiger partial charge < -0.3 is 0 Å². The molecule has 2 aromatic rings. The van der Waals surface area contributed by atoms with Crippen LogP contribution in [0, 0.1) is 0 Å². The Balaban J connectivity index is 2.78. The van der Waals surface area contributed by atoms with Gasteiger partial charge >= 0.3 is 0 Å². The Morgan fingerprint density at radius 2 is 2.07 bits per heavy atom. The number of fused-ring (bicyclic) bond motifs is 1. The molecule has 0 N–H and O–H groups in total. The standard InChI is InChI=1S/C8H8Cl2N4/c1-4(2)5-3-11-7-6(9)12-8(10)13-14(5)7/h3-4H,1-2H3. The van der Waals surface area contributed by atoms with Crippen LogP contribution in [0.3, 0.4) is 0 Å². The zero-order chi connectivity index (χ0) is 10.3. The summed E-state index contributed by atoms with van der Waals surface area (Å²) in [4.78, 5) is 7.94. The van der Waals surface area contributed by atoms with Crippen molar-refractivity contribution in [3.8, 4) is 0 Å². The van der Waals surface area contributed by atoms with Crippen LogP contribution in [0.1, 0.15) is 25.5 Å². The third kappa shape index (κ3) is 1.44. The van der Waals surface area contributed by atoms with Gasteiger partial charge in [-0.1, -0.05) is 25.4 Å². The fourth-order valence-corrected chi connectivity index (χ4v) is 1.65. The Morgan fingerprint density at radius 3 is 2.71 bits per heavy atom. The monoisotopic (exact) mass is 230 g/mol. The largest absolute Gasteiger partial charge is 0.242 e. The van der Waals surface area contributed by atoms with Gasteiger partial charge in [-0.25, -0.2) is 14.5 Å². The molecule has 2 aromatic heterocycles. The second-order valence-corrected chi connectivity index (χ2v) is 3.94. The molecule has 0 aliphatic heterocycles. The summed E-state index contributed by atoms with van der Waals surface area (Å²) in [5.41, 5.74) is 1.51. The smallest absolute Gasteiger partial charge is 0.232 e. The molecule has 0 bridgehead atoms. The second-order valence-electron chi connectivity index (χ2n) is 3.24. The first-order valence-electron chi connectivity index (χ1n) is 4.16. The molecule has 0 radical (unpaired) electrons. The highest BCUT2D eigenvalue weighted by Crippen LogP contribution is 2.20. The van der Waals surface area contributed by atoms with Crippen LogP contribution in [0.2, 0.25) is 10.4 Å². The van der Waals surface area contributed by atoms with Crippen LogP contribution in [0.5, 0.6) is 0 Å². The highest BCUT2D eigenvalue weighted by molar-refractivity contribution is 6.33. The van der Waals surface area contributed by atoms with Crippen molar-refractivity contribution in [3.05, 3.63) is 22.3 Å². The third-order valence-electron chi connectivity index (χ3n) is 1.91. The number of imidazole rings is 1. The highest BCUT2D eigenvalue weighted by Gasteiger charge is 2.12. The average molecular weight is 231 g/mol. The van der Waals surface area contributed by atoms with Gasteiger partial charge in [-0.2, -0.15) is 0 Å². The first kappa shape index (κ1) is 9.68. The quantitative estimate of drug-likeness (QED) is 0.757. The molecule has 0 atom stereocenters. The van der Waals surface area contributed by atoms with Crippen molar-refractivity contribution in [2.45, 2.75) is 19.8 Å². The van der Waals surface area contributed by atoms with Crippen LogP contribution >= 0.6 is 23.2 Å². The Kier molecular flexibility index (Phi) is 2.33. The number of rotatable bonds is 1. The summed E-state index contributed by atoms with van der Waals surface area (Å²) < 4.78 is 1.63. The van der Waals surface area contributed by atoms with E-state index in [-0.39, 0.29) is 10.4 Å². The lowest BCUT2D eigenvalue weighted by Gasteiger charge is -2.03. The normalized spacial score (nSPS) is 11.5. The minimum atomic E-state index is 0.127. The number of nitrogens with zero attached hydrogens (tertiary/aromatic N) is 4. The molecular weight excluding hydrogens is 223 g/mol. The number of hydrogen-bond donors (Lipinski definition) is 0. The van der Waals surface area contributed by atoms with Crippen molar-refractivity contribution < 1.29 is 0 Å². The van der Waals surface area contributed by atoms with Gasteiger partial charge in [0.15, 0.2) is 10.8 Å². The molecule has 2 heterocycles. The van der Waals surface area contributed by atoms with E-state index in [0.29, 0.717) is 11.6 Å². The second kappa shape index (κ2) is 3.37. The first-order valence-corrected chi connectivity index (χ1v) is 4.92. The molecule has 74 valence electrons. The van der Waals surface area contributed by atoms with Crippen molar-refractivity contribution in [2.75, 3.05) is 0 Å². The Hall–Kier alpha value is -0.870. The topological polar surface area (TPSA) is 43.1 Å². The van der Waals surface area contributed by atoms with Crippen molar-refractivity contribution in [1.29, 1.82) is 0 Å². The molecule has 0 saturated heterocycles. The molecule has 0 aromatic carbocycles. The molecule has 0 fully saturated rings. The highest BCUT2D eigenvalue weighted by atomic mass is 35.5. The summed E-state index contributed by atoms with van der Waals surface area (Å²) in [7, 11) is 0. The maximum absolute atomic E-state index is 5.86. The summed E-state index contributed by atoms with van der Waals surface area (Å²) in [5.74, 6) is 0.312. The molecule has 0 amide bonds. The maximum atomic E-state index is 5.86. The molecule has 14 heavy (non-hydrogen) atoms. The summed E-state index contributed by atoms with van der Waals surface area (Å²) in [6.45, 7) is 4.10. The fraction of sp³-hybridized carbons (Fsp3) is 0.375. The van der Waals surface area contributed by atoms with E-state index in [2.05, 4.69) is 15.1 Å². The minimum absolute atomic E-state index is 0.127. The van der Waals surface area contributed by atoms with Gasteiger partial charge in [0.25, 0.3) is 0 Å². The average Bonchev–Trinajstić information content (AvgIpc) is 2.47. The number of hydrogen-bond acceptors (Lipinski definition) is 3. The molecule has 0 unspecified atom stereocenters. The van der Waals surface area contributed by atoms with Crippen LogP contribution in [-0.2, 0) is 0 Å². The van der Waals surface area contributed by atoms with E-state index in [0.717, 1.165) is 5.69 Å². The van der Waals surface area contributed by atoms with Gasteiger partial charge in [-0.15, -0.1) is 5.10 Å². The molecule has 0 spiro atoms. The lowest BCUT2D eigenvalue weighted by molar-refractivity contribution is 0.751. The first-order chi connectivity index (χ1) is 6.59. The zero-order valence-corrected chi connectivity index (χ0v) is 9.21. The predicted octanol–water partition coefficient (Wildman–Crippen LogP) is 2.55. The Morgan fingerprint density at radius 1 is 1.36 bits per heavy atom. The van der Waals surface area contributed by atoms with Gasteiger partial charge in [0.05, 0.1) is 11.9 Å². The van der Waals surface area contributed by atoms with E-state index < -0.39 is 0 Å². The Bertz CT molecular complexity index is 477. The van der Waals surface area contributed by atoms with E-state index in [1.54, 1.807) is 10.7 Å². The zero-order valence-electron chi connectivity index (χ0n) is 7.70. The molecule has 6 heteroatoms. The summed E-state index contributed by atoms with van der Waals surface area (Å²) in [6, 6.07) is 0. The SMILES string of the molecule is CC(C)c1cnc2c(Cl)nc(Cl)nn12. The lowest BCUT2D eigenvalue weighted by atomic mass is 10.2. The Labute approximate surface area is 90.9 Å². The van der Waals surface area contributed by atoms with Crippen LogP contribution in [0.25, 0.3) is 5.65 Å². The van der Waals surface area contributed by atoms with Gasteiger partial charge in [0.2, 0.25) is 5.28 Å². The van der Waals surface area contributed by atoms with Gasteiger partial charge in [-0.3, -0.25) is 0 Å². The molecule has 0 aliphatic rings. The molecule has 0 aliphatic carbocycles. The van der Waals surface area contributed by atoms with Gasteiger partial charge in [-0.05, 0) is 17.5 Å². The van der Waals surface area contributed by atoms with Crippen molar-refractivity contribution in [3.63, 3.8) is 0 Å². The van der Waals surface area contributed by atoms with Crippen molar-refractivity contribution in [1.82, 2.24) is 19.6 Å². The van der Waals surface area contributed by atoms with Gasteiger partial charge in [0.1, 0.15) is 0 Å². The van der Waals surface area contributed by atoms with Crippen LogP contribution < -0.4 is 0 Å². The van der Waals surface area contributed by atoms with E-state index >= 15 is 0 Å². The summed E-state index contributed by atoms with van der Waals surface area (Å²) >= 11 is 11.6. The molecule has 2 rings (SSSR count). The van der Waals surface area contributed by atoms with E-state index in [9.17, 15) is 0 Å². The van der Waals surface area contributed by atoms with Crippen molar-refractivity contribution >= 4 is 28.8 Å². The van der Waals surface area contributed by atoms with E-state index in [1.807, 2.05) is 13.8 Å². The van der Waals surface area contributed by atoms with E-state index in [1.165, 1.54) is 0 Å². The summed E-state index contributed by atoms with van der Waals surface area (Å²) in [5, 5.41) is 4.44. The molecular formula is C8H8Cl2N4. The predicted molar refractivity (Wildman–Crippen MR) is 54.9 cm³/mol. The molecule has 0 saturated carbocycles. The maximum Gasteiger partial charge on any atom is 0.242 e. The number of halogens is 2. The fourth-order valence-electron chi connectivity index (χ4n) is 1.23. The van der Waals surface area contributed by atoms with Crippen molar-refractivity contribution in [2.24, 2.45) is 0 Å². The summed E-state index contributed by atoms with van der Waals surface area (Å²) in [6.07, 6.45) is 1.73. The van der Waals surface area contributed by atoms with Crippen LogP contribution in [-0.4, -0.2) is 19.6 Å². The minimum Gasteiger partial charge on any atom is -0.232 e. The van der Waals surface area contributed by atoms with Crippen LogP contribution in [0.15, 0.2) is 6.20 Å². The van der Waals surface area contributed by atoms with Crippen LogP contribution in [0.4, 0.5) is 0 Å². The number of aromatic nitrogens is 4. The lowest BCUT2D eigenvalue weighted by Crippen LogP contribution is -2.01. The molecule has 4 nitrogen and oxygen atoms in total.